The molecule has 3 rings (SSSR count). The highest BCUT2D eigenvalue weighted by Crippen LogP contribution is 2.24. The first-order valence-corrected chi connectivity index (χ1v) is 9.41. The van der Waals surface area contributed by atoms with Crippen LogP contribution in [-0.4, -0.2) is 35.1 Å². The number of carbonyl (C=O) groups excluding carboxylic acids is 2. The maximum Gasteiger partial charge on any atom is 0.325 e. The molecule has 0 aliphatic rings. The van der Waals surface area contributed by atoms with Crippen molar-refractivity contribution >= 4 is 39.1 Å². The number of carbonyl (C=O) groups is 2. The second kappa shape index (κ2) is 8.65. The minimum atomic E-state index is -0.547. The van der Waals surface area contributed by atoms with E-state index in [1.807, 2.05) is 6.92 Å². The van der Waals surface area contributed by atoms with Gasteiger partial charge in [-0.25, -0.2) is 0 Å². The van der Waals surface area contributed by atoms with Gasteiger partial charge in [-0.3, -0.25) is 19.7 Å². The van der Waals surface area contributed by atoms with E-state index in [-0.39, 0.29) is 22.6 Å². The number of methoxy groups -OCH3 is 1. The van der Waals surface area contributed by atoms with Crippen LogP contribution in [0.15, 0.2) is 47.5 Å². The van der Waals surface area contributed by atoms with E-state index in [4.69, 9.17) is 9.47 Å². The quantitative estimate of drug-likeness (QED) is 0.347. The number of nitro groups is 1. The van der Waals surface area contributed by atoms with E-state index >= 15 is 0 Å². The van der Waals surface area contributed by atoms with Crippen LogP contribution < -0.4 is 9.54 Å². The predicted molar refractivity (Wildman–Crippen MR) is 106 cm³/mol. The summed E-state index contributed by atoms with van der Waals surface area (Å²) in [6.45, 7) is 2.01. The van der Waals surface area contributed by atoms with Crippen molar-refractivity contribution in [3.63, 3.8) is 0 Å². The molecular formula is C19H17N3O6S. The van der Waals surface area contributed by atoms with E-state index < -0.39 is 16.8 Å². The zero-order valence-electron chi connectivity index (χ0n) is 15.7. The van der Waals surface area contributed by atoms with Crippen LogP contribution in [0.4, 0.5) is 5.69 Å². The van der Waals surface area contributed by atoms with E-state index in [1.54, 1.807) is 24.3 Å². The Hall–Kier alpha value is -3.53. The minimum Gasteiger partial charge on any atom is -0.493 e. The fourth-order valence-corrected chi connectivity index (χ4v) is 3.74. The molecule has 0 saturated heterocycles. The maximum absolute atomic E-state index is 12.8. The fraction of sp³-hybridized carbons (Fsp3) is 0.211. The van der Waals surface area contributed by atoms with Gasteiger partial charge in [-0.05, 0) is 25.1 Å². The second-order valence-electron chi connectivity index (χ2n) is 5.80. The molecule has 0 fully saturated rings. The molecule has 2 aromatic carbocycles. The first kappa shape index (κ1) is 20.2. The van der Waals surface area contributed by atoms with Gasteiger partial charge in [0.1, 0.15) is 12.3 Å². The molecule has 1 heterocycles. The zero-order chi connectivity index (χ0) is 21.0. The molecule has 0 aliphatic heterocycles. The zero-order valence-corrected chi connectivity index (χ0v) is 16.5. The summed E-state index contributed by atoms with van der Waals surface area (Å²) in [7, 11) is 1.25. The number of fused-ring (bicyclic) bond motifs is 1. The molecule has 3 aromatic rings. The first-order chi connectivity index (χ1) is 13.9. The summed E-state index contributed by atoms with van der Waals surface area (Å²) in [4.78, 5) is 39.6. The Labute approximate surface area is 169 Å². The van der Waals surface area contributed by atoms with Gasteiger partial charge in [-0.2, -0.15) is 4.99 Å². The van der Waals surface area contributed by atoms with Crippen molar-refractivity contribution in [3.05, 3.63) is 62.9 Å². The summed E-state index contributed by atoms with van der Waals surface area (Å²) < 4.78 is 12.2. The van der Waals surface area contributed by atoms with Crippen molar-refractivity contribution in [2.75, 3.05) is 13.7 Å². The van der Waals surface area contributed by atoms with E-state index in [9.17, 15) is 19.7 Å². The molecule has 10 heteroatoms. The van der Waals surface area contributed by atoms with Crippen LogP contribution in [0, 0.1) is 10.1 Å². The van der Waals surface area contributed by atoms with Crippen molar-refractivity contribution in [2.24, 2.45) is 4.99 Å². The predicted octanol–water partition coefficient (Wildman–Crippen LogP) is 2.92. The highest BCUT2D eigenvalue weighted by molar-refractivity contribution is 7.16. The van der Waals surface area contributed by atoms with Crippen LogP contribution in [0.2, 0.25) is 0 Å². The van der Waals surface area contributed by atoms with E-state index in [0.29, 0.717) is 22.6 Å². The molecule has 1 amide bonds. The summed E-state index contributed by atoms with van der Waals surface area (Å²) >= 11 is 1.07. The number of thiazole rings is 1. The molecule has 1 aromatic heterocycles. The van der Waals surface area contributed by atoms with Crippen molar-refractivity contribution in [1.29, 1.82) is 0 Å². The number of benzene rings is 2. The number of hydrogen-bond donors (Lipinski definition) is 0. The number of esters is 1. The third-order valence-electron chi connectivity index (χ3n) is 4.01. The average molecular weight is 415 g/mol. The van der Waals surface area contributed by atoms with Gasteiger partial charge in [0.15, 0.2) is 4.80 Å². The molecule has 0 aliphatic carbocycles. The number of rotatable bonds is 6. The number of nitrogens with zero attached hydrogens (tertiary/aromatic N) is 3. The van der Waals surface area contributed by atoms with Crippen molar-refractivity contribution in [3.8, 4) is 5.75 Å². The summed E-state index contributed by atoms with van der Waals surface area (Å²) in [5.74, 6) is -0.680. The lowest BCUT2D eigenvalue weighted by molar-refractivity contribution is -0.384. The van der Waals surface area contributed by atoms with Gasteiger partial charge in [0, 0.05) is 12.1 Å². The van der Waals surface area contributed by atoms with Crippen molar-refractivity contribution in [1.82, 2.24) is 4.57 Å². The van der Waals surface area contributed by atoms with Crippen LogP contribution in [-0.2, 0) is 16.1 Å². The standard InChI is InChI=1S/C19H17N3O6S/c1-3-28-15-7-5-4-6-13(15)18(24)20-19-21(11-17(23)27-2)14-9-8-12(22(25)26)10-16(14)29-19/h4-10H,3,11H2,1-2H3. The summed E-state index contributed by atoms with van der Waals surface area (Å²) in [6.07, 6.45) is 0. The number of ether oxygens (including phenoxy) is 2. The van der Waals surface area contributed by atoms with Crippen LogP contribution in [0.5, 0.6) is 5.75 Å². The molecule has 0 unspecified atom stereocenters. The number of nitro benzene ring substituents is 1. The highest BCUT2D eigenvalue weighted by atomic mass is 32.1. The van der Waals surface area contributed by atoms with Gasteiger partial charge >= 0.3 is 5.97 Å². The molecule has 9 nitrogen and oxygen atoms in total. The summed E-state index contributed by atoms with van der Waals surface area (Å²) in [6, 6.07) is 10.9. The molecule has 0 bridgehead atoms. The fourth-order valence-electron chi connectivity index (χ4n) is 2.68. The number of aromatic nitrogens is 1. The number of amides is 1. The van der Waals surface area contributed by atoms with Gasteiger partial charge in [0.25, 0.3) is 11.6 Å². The molecule has 0 saturated carbocycles. The van der Waals surface area contributed by atoms with E-state index in [0.717, 1.165) is 11.3 Å². The topological polar surface area (TPSA) is 113 Å². The molecule has 0 spiro atoms. The molecule has 0 radical (unpaired) electrons. The van der Waals surface area contributed by atoms with E-state index in [2.05, 4.69) is 4.99 Å². The summed E-state index contributed by atoms with van der Waals surface area (Å²) in [5, 5.41) is 11.1. The van der Waals surface area contributed by atoms with Crippen LogP contribution in [0.1, 0.15) is 17.3 Å². The van der Waals surface area contributed by atoms with E-state index in [1.165, 1.54) is 29.9 Å². The third-order valence-corrected chi connectivity index (χ3v) is 5.05. The lowest BCUT2D eigenvalue weighted by Gasteiger charge is -2.07. The lowest BCUT2D eigenvalue weighted by Crippen LogP contribution is -2.22. The van der Waals surface area contributed by atoms with Crippen molar-refractivity contribution in [2.45, 2.75) is 13.5 Å². The molecule has 150 valence electrons. The van der Waals surface area contributed by atoms with Crippen molar-refractivity contribution < 1.29 is 24.0 Å². The smallest absolute Gasteiger partial charge is 0.325 e. The second-order valence-corrected chi connectivity index (χ2v) is 6.81. The molecule has 0 N–H and O–H groups in total. The van der Waals surface area contributed by atoms with Gasteiger partial charge in [-0.15, -0.1) is 0 Å². The Morgan fingerprint density at radius 3 is 2.69 bits per heavy atom. The van der Waals surface area contributed by atoms with Crippen LogP contribution >= 0.6 is 11.3 Å². The maximum atomic E-state index is 12.8. The third kappa shape index (κ3) is 4.32. The normalized spacial score (nSPS) is 11.4. The van der Waals surface area contributed by atoms with Crippen LogP contribution in [0.3, 0.4) is 0 Å². The lowest BCUT2D eigenvalue weighted by atomic mass is 10.2. The Bertz CT molecular complexity index is 1160. The average Bonchev–Trinajstić information content (AvgIpc) is 3.04. The Kier molecular flexibility index (Phi) is 6.03. The Balaban J connectivity index is 2.16. The monoisotopic (exact) mass is 415 g/mol. The van der Waals surface area contributed by atoms with Gasteiger partial charge in [-0.1, -0.05) is 23.5 Å². The largest absolute Gasteiger partial charge is 0.493 e. The highest BCUT2D eigenvalue weighted by Gasteiger charge is 2.16. The molecular weight excluding hydrogens is 398 g/mol. The first-order valence-electron chi connectivity index (χ1n) is 8.60. The van der Waals surface area contributed by atoms with Gasteiger partial charge in [0.05, 0.1) is 34.4 Å². The number of non-ortho nitro benzene ring substituents is 1. The summed E-state index contributed by atoms with van der Waals surface area (Å²) in [5.41, 5.74) is 0.724. The molecule has 0 atom stereocenters. The van der Waals surface area contributed by atoms with Crippen LogP contribution in [0.25, 0.3) is 10.2 Å². The Morgan fingerprint density at radius 1 is 1.24 bits per heavy atom. The van der Waals surface area contributed by atoms with Gasteiger partial charge in [0.2, 0.25) is 0 Å². The number of hydrogen-bond acceptors (Lipinski definition) is 7. The Morgan fingerprint density at radius 2 is 2.00 bits per heavy atom. The molecule has 29 heavy (non-hydrogen) atoms. The number of para-hydroxylation sites is 1. The van der Waals surface area contributed by atoms with Gasteiger partial charge < -0.3 is 14.0 Å². The SMILES string of the molecule is CCOc1ccccc1C(=O)N=c1sc2cc([N+](=O)[O-])ccc2n1CC(=O)OC. The minimum absolute atomic E-state index is 0.0939.